The second-order valence-electron chi connectivity index (χ2n) is 6.21. The number of nitrogens with zero attached hydrogens (tertiary/aromatic N) is 1. The number of furan rings is 1. The summed E-state index contributed by atoms with van der Waals surface area (Å²) in [5.74, 6) is 1.98. The van der Waals surface area contributed by atoms with Crippen LogP contribution >= 0.6 is 0 Å². The van der Waals surface area contributed by atoms with Crippen LogP contribution in [-0.2, 0) is 6.54 Å². The molecule has 27 heavy (non-hydrogen) atoms. The van der Waals surface area contributed by atoms with Gasteiger partial charge >= 0.3 is 0 Å². The Hall–Kier alpha value is -3.41. The number of benzene rings is 2. The van der Waals surface area contributed by atoms with Gasteiger partial charge in [-0.3, -0.25) is 4.79 Å². The van der Waals surface area contributed by atoms with E-state index in [0.29, 0.717) is 29.4 Å². The molecule has 4 rings (SSSR count). The van der Waals surface area contributed by atoms with Crippen LogP contribution in [0.2, 0.25) is 0 Å². The zero-order valence-corrected chi connectivity index (χ0v) is 15.1. The maximum atomic E-state index is 13.2. The highest BCUT2D eigenvalue weighted by Crippen LogP contribution is 2.38. The third-order valence-electron chi connectivity index (χ3n) is 4.66. The number of nitrogens with one attached hydrogen (secondary N) is 1. The lowest BCUT2D eigenvalue weighted by atomic mass is 10.0. The molecule has 2 heterocycles. The average Bonchev–Trinajstić information content (AvgIpc) is 3.23. The van der Waals surface area contributed by atoms with Crippen LogP contribution in [0.4, 0.5) is 5.69 Å². The fourth-order valence-corrected chi connectivity index (χ4v) is 3.32. The third-order valence-corrected chi connectivity index (χ3v) is 4.66. The number of hydrogen-bond acceptors (Lipinski definition) is 5. The van der Waals surface area contributed by atoms with Gasteiger partial charge < -0.3 is 24.1 Å². The van der Waals surface area contributed by atoms with E-state index in [-0.39, 0.29) is 5.91 Å². The number of amides is 1. The van der Waals surface area contributed by atoms with E-state index in [0.717, 1.165) is 11.3 Å². The molecule has 3 aromatic rings. The Morgan fingerprint density at radius 3 is 2.67 bits per heavy atom. The lowest BCUT2D eigenvalue weighted by molar-refractivity contribution is 0.0649. The molecule has 0 radical (unpaired) electrons. The highest BCUT2D eigenvalue weighted by Gasteiger charge is 2.34. The molecule has 1 atom stereocenters. The van der Waals surface area contributed by atoms with Crippen LogP contribution in [0, 0.1) is 0 Å². The standard InChI is InChI=1S/C21H20N2O4/c1-25-14-9-10-17(19(12-14)26-2)20-22-18-8-4-3-7-16(18)21(24)23(20)13-15-6-5-11-27-15/h3-12,20,22H,13H2,1-2H3. The maximum absolute atomic E-state index is 13.2. The normalized spacial score (nSPS) is 15.9. The number of carbonyl (C=O) groups is 1. The molecule has 0 saturated heterocycles. The van der Waals surface area contributed by atoms with E-state index in [1.54, 1.807) is 25.4 Å². The Morgan fingerprint density at radius 2 is 1.93 bits per heavy atom. The molecule has 1 aliphatic heterocycles. The van der Waals surface area contributed by atoms with Gasteiger partial charge in [0.25, 0.3) is 5.91 Å². The number of rotatable bonds is 5. The van der Waals surface area contributed by atoms with Crippen molar-refractivity contribution in [2.24, 2.45) is 0 Å². The van der Waals surface area contributed by atoms with Crippen molar-refractivity contribution in [2.75, 3.05) is 19.5 Å². The highest BCUT2D eigenvalue weighted by molar-refractivity contribution is 6.01. The minimum Gasteiger partial charge on any atom is -0.497 e. The molecule has 1 aromatic heterocycles. The van der Waals surface area contributed by atoms with Crippen molar-refractivity contribution in [3.05, 3.63) is 77.7 Å². The lowest BCUT2D eigenvalue weighted by Crippen LogP contribution is -2.42. The number of para-hydroxylation sites is 1. The number of ether oxygens (including phenoxy) is 2. The number of anilines is 1. The summed E-state index contributed by atoms with van der Waals surface area (Å²) in [5.41, 5.74) is 2.27. The first kappa shape index (κ1) is 17.0. The van der Waals surface area contributed by atoms with Gasteiger partial charge in [0, 0.05) is 17.3 Å². The molecule has 1 N–H and O–H groups in total. The summed E-state index contributed by atoms with van der Waals surface area (Å²) in [5, 5.41) is 3.46. The van der Waals surface area contributed by atoms with Gasteiger partial charge in [-0.25, -0.2) is 0 Å². The van der Waals surface area contributed by atoms with Crippen molar-refractivity contribution in [1.82, 2.24) is 4.90 Å². The van der Waals surface area contributed by atoms with Crippen LogP contribution in [0.15, 0.2) is 65.3 Å². The van der Waals surface area contributed by atoms with E-state index < -0.39 is 6.17 Å². The van der Waals surface area contributed by atoms with Crippen LogP contribution in [0.3, 0.4) is 0 Å². The van der Waals surface area contributed by atoms with Crippen molar-refractivity contribution in [3.8, 4) is 11.5 Å². The van der Waals surface area contributed by atoms with Gasteiger partial charge in [-0.15, -0.1) is 0 Å². The molecular formula is C21H20N2O4. The summed E-state index contributed by atoms with van der Waals surface area (Å²) < 4.78 is 16.3. The minimum atomic E-state index is -0.404. The van der Waals surface area contributed by atoms with Crippen molar-refractivity contribution < 1.29 is 18.7 Å². The molecule has 138 valence electrons. The monoisotopic (exact) mass is 364 g/mol. The Kier molecular flexibility index (Phi) is 4.46. The Bertz CT molecular complexity index is 953. The van der Waals surface area contributed by atoms with Crippen LogP contribution < -0.4 is 14.8 Å². The molecule has 6 nitrogen and oxygen atoms in total. The SMILES string of the molecule is COc1ccc(C2Nc3ccccc3C(=O)N2Cc2ccco2)c(OC)c1. The van der Waals surface area contributed by atoms with Crippen molar-refractivity contribution in [1.29, 1.82) is 0 Å². The van der Waals surface area contributed by atoms with Crippen LogP contribution in [-0.4, -0.2) is 25.0 Å². The van der Waals surface area contributed by atoms with E-state index in [4.69, 9.17) is 13.9 Å². The zero-order chi connectivity index (χ0) is 18.8. The zero-order valence-electron chi connectivity index (χ0n) is 15.1. The van der Waals surface area contributed by atoms with Crippen LogP contribution in [0.1, 0.15) is 27.8 Å². The number of fused-ring (bicyclic) bond motifs is 1. The van der Waals surface area contributed by atoms with Gasteiger partial charge in [0.05, 0.1) is 32.6 Å². The minimum absolute atomic E-state index is 0.0661. The summed E-state index contributed by atoms with van der Waals surface area (Å²) in [4.78, 5) is 15.0. The Labute approximate surface area is 157 Å². The third kappa shape index (κ3) is 3.10. The van der Waals surface area contributed by atoms with E-state index in [9.17, 15) is 4.79 Å². The van der Waals surface area contributed by atoms with Gasteiger partial charge in [0.2, 0.25) is 0 Å². The molecular weight excluding hydrogens is 344 g/mol. The fraction of sp³-hybridized carbons (Fsp3) is 0.190. The van der Waals surface area contributed by atoms with E-state index in [2.05, 4.69) is 5.32 Å². The smallest absolute Gasteiger partial charge is 0.258 e. The first-order valence-corrected chi connectivity index (χ1v) is 8.62. The number of methoxy groups -OCH3 is 2. The fourth-order valence-electron chi connectivity index (χ4n) is 3.32. The molecule has 6 heteroatoms. The summed E-state index contributed by atoms with van der Waals surface area (Å²) in [6.45, 7) is 0.340. The number of hydrogen-bond donors (Lipinski definition) is 1. The van der Waals surface area contributed by atoms with Gasteiger partial charge in [0.1, 0.15) is 23.4 Å². The summed E-state index contributed by atoms with van der Waals surface area (Å²) in [6.07, 6.45) is 1.20. The Morgan fingerprint density at radius 1 is 1.07 bits per heavy atom. The molecule has 0 spiro atoms. The maximum Gasteiger partial charge on any atom is 0.258 e. The molecule has 0 bridgehead atoms. The number of carbonyl (C=O) groups excluding carboxylic acids is 1. The Balaban J connectivity index is 1.80. The second kappa shape index (κ2) is 7.07. The summed E-state index contributed by atoms with van der Waals surface area (Å²) in [6, 6.07) is 16.7. The van der Waals surface area contributed by atoms with E-state index in [1.165, 1.54) is 0 Å². The topological polar surface area (TPSA) is 63.9 Å². The molecule has 1 amide bonds. The summed E-state index contributed by atoms with van der Waals surface area (Å²) in [7, 11) is 3.21. The molecule has 1 unspecified atom stereocenters. The summed E-state index contributed by atoms with van der Waals surface area (Å²) >= 11 is 0. The quantitative estimate of drug-likeness (QED) is 0.740. The largest absolute Gasteiger partial charge is 0.497 e. The molecule has 1 aliphatic rings. The van der Waals surface area contributed by atoms with Gasteiger partial charge in [-0.2, -0.15) is 0 Å². The first-order chi connectivity index (χ1) is 13.2. The molecule has 0 saturated carbocycles. The predicted octanol–water partition coefficient (Wildman–Crippen LogP) is 4.06. The van der Waals surface area contributed by atoms with E-state index >= 15 is 0 Å². The molecule has 0 aliphatic carbocycles. The van der Waals surface area contributed by atoms with Crippen molar-refractivity contribution in [3.63, 3.8) is 0 Å². The van der Waals surface area contributed by atoms with Crippen LogP contribution in [0.5, 0.6) is 11.5 Å². The van der Waals surface area contributed by atoms with Gasteiger partial charge in [-0.1, -0.05) is 12.1 Å². The lowest BCUT2D eigenvalue weighted by Gasteiger charge is -2.38. The molecule has 0 fully saturated rings. The predicted molar refractivity (Wildman–Crippen MR) is 101 cm³/mol. The van der Waals surface area contributed by atoms with Crippen LogP contribution in [0.25, 0.3) is 0 Å². The second-order valence-corrected chi connectivity index (χ2v) is 6.21. The van der Waals surface area contributed by atoms with Gasteiger partial charge in [-0.05, 0) is 36.4 Å². The van der Waals surface area contributed by atoms with Crippen molar-refractivity contribution in [2.45, 2.75) is 12.7 Å². The average molecular weight is 364 g/mol. The first-order valence-electron chi connectivity index (χ1n) is 8.62. The van der Waals surface area contributed by atoms with Gasteiger partial charge in [0.15, 0.2) is 0 Å². The van der Waals surface area contributed by atoms with E-state index in [1.807, 2.05) is 54.6 Å². The molecule has 2 aromatic carbocycles. The highest BCUT2D eigenvalue weighted by atomic mass is 16.5. The van der Waals surface area contributed by atoms with Crippen molar-refractivity contribution >= 4 is 11.6 Å².